The molecule has 0 atom stereocenters. The van der Waals surface area contributed by atoms with E-state index in [1.807, 2.05) is 17.0 Å². The van der Waals surface area contributed by atoms with Gasteiger partial charge in [-0.3, -0.25) is 9.59 Å². The Kier molecular flexibility index (Phi) is 5.36. The maximum absolute atomic E-state index is 12.5. The molecule has 0 aromatic carbocycles. The largest absolute Gasteiger partial charge is 0.467 e. The minimum Gasteiger partial charge on any atom is -0.467 e. The Morgan fingerprint density at radius 3 is 2.48 bits per heavy atom. The van der Waals surface area contributed by atoms with Gasteiger partial charge in [-0.15, -0.1) is 0 Å². The second-order valence-electron chi connectivity index (χ2n) is 6.73. The van der Waals surface area contributed by atoms with Crippen molar-refractivity contribution < 1.29 is 14.0 Å². The number of piperidine rings is 1. The van der Waals surface area contributed by atoms with Crippen LogP contribution in [0, 0.1) is 11.8 Å². The molecule has 3 rings (SSSR count). The summed E-state index contributed by atoms with van der Waals surface area (Å²) in [5, 5.41) is 2.93. The molecule has 1 aliphatic heterocycles. The van der Waals surface area contributed by atoms with Crippen molar-refractivity contribution in [3.8, 4) is 0 Å². The SMILES string of the molecule is O=C(NCc1ccco1)C1CCN(C(=O)C2CCCCC2)CC1. The zero-order valence-corrected chi connectivity index (χ0v) is 13.6. The summed E-state index contributed by atoms with van der Waals surface area (Å²) in [7, 11) is 0. The van der Waals surface area contributed by atoms with Gasteiger partial charge in [0.15, 0.2) is 0 Å². The van der Waals surface area contributed by atoms with Crippen molar-refractivity contribution in [2.24, 2.45) is 11.8 Å². The standard InChI is InChI=1S/C18H26N2O3/c21-17(19-13-16-7-4-12-23-16)14-8-10-20(11-9-14)18(22)15-5-2-1-3-6-15/h4,7,12,14-15H,1-3,5-6,8-11,13H2,(H,19,21). The zero-order valence-electron chi connectivity index (χ0n) is 13.6. The molecule has 2 aliphatic rings. The Morgan fingerprint density at radius 2 is 1.83 bits per heavy atom. The van der Waals surface area contributed by atoms with E-state index >= 15 is 0 Å². The highest BCUT2D eigenvalue weighted by Crippen LogP contribution is 2.27. The molecule has 1 N–H and O–H groups in total. The van der Waals surface area contributed by atoms with Gasteiger partial charge in [0.1, 0.15) is 5.76 Å². The van der Waals surface area contributed by atoms with Crippen molar-refractivity contribution in [1.82, 2.24) is 10.2 Å². The van der Waals surface area contributed by atoms with Crippen LogP contribution < -0.4 is 5.32 Å². The first kappa shape index (κ1) is 16.1. The highest BCUT2D eigenvalue weighted by Gasteiger charge is 2.31. The van der Waals surface area contributed by atoms with E-state index in [-0.39, 0.29) is 17.7 Å². The first-order valence-electron chi connectivity index (χ1n) is 8.83. The third-order valence-electron chi connectivity index (χ3n) is 5.15. The Labute approximate surface area is 137 Å². The molecule has 1 saturated carbocycles. The number of nitrogens with zero attached hydrogens (tertiary/aromatic N) is 1. The molecule has 126 valence electrons. The normalized spacial score (nSPS) is 20.4. The number of amides is 2. The molecule has 0 bridgehead atoms. The van der Waals surface area contributed by atoms with Gasteiger partial charge in [0.05, 0.1) is 12.8 Å². The van der Waals surface area contributed by atoms with Gasteiger partial charge in [0.2, 0.25) is 11.8 Å². The number of furan rings is 1. The first-order valence-corrected chi connectivity index (χ1v) is 8.83. The predicted molar refractivity (Wildman–Crippen MR) is 86.4 cm³/mol. The van der Waals surface area contributed by atoms with Crippen molar-refractivity contribution in [3.05, 3.63) is 24.2 Å². The zero-order chi connectivity index (χ0) is 16.1. The van der Waals surface area contributed by atoms with Gasteiger partial charge in [0, 0.05) is 24.9 Å². The molecule has 2 fully saturated rings. The fourth-order valence-electron chi connectivity index (χ4n) is 3.70. The van der Waals surface area contributed by atoms with Crippen LogP contribution in [0.25, 0.3) is 0 Å². The van der Waals surface area contributed by atoms with E-state index in [4.69, 9.17) is 4.42 Å². The maximum Gasteiger partial charge on any atom is 0.225 e. The monoisotopic (exact) mass is 318 g/mol. The number of rotatable bonds is 4. The number of hydrogen-bond donors (Lipinski definition) is 1. The molecule has 1 saturated heterocycles. The van der Waals surface area contributed by atoms with Crippen LogP contribution in [0.5, 0.6) is 0 Å². The lowest BCUT2D eigenvalue weighted by Crippen LogP contribution is -2.45. The van der Waals surface area contributed by atoms with E-state index in [0.29, 0.717) is 25.5 Å². The molecule has 23 heavy (non-hydrogen) atoms. The van der Waals surface area contributed by atoms with E-state index in [2.05, 4.69) is 5.32 Å². The number of hydrogen-bond acceptors (Lipinski definition) is 3. The van der Waals surface area contributed by atoms with Crippen LogP contribution in [-0.2, 0) is 16.1 Å². The average Bonchev–Trinajstić information content (AvgIpc) is 3.13. The van der Waals surface area contributed by atoms with E-state index in [1.165, 1.54) is 19.3 Å². The van der Waals surface area contributed by atoms with Crippen molar-refractivity contribution in [2.75, 3.05) is 13.1 Å². The fourth-order valence-corrected chi connectivity index (χ4v) is 3.70. The molecule has 1 aliphatic carbocycles. The molecule has 0 unspecified atom stereocenters. The second kappa shape index (κ2) is 7.66. The molecule has 2 amide bonds. The van der Waals surface area contributed by atoms with Crippen molar-refractivity contribution in [1.29, 1.82) is 0 Å². The Morgan fingerprint density at radius 1 is 1.09 bits per heavy atom. The van der Waals surface area contributed by atoms with E-state index in [9.17, 15) is 9.59 Å². The fraction of sp³-hybridized carbons (Fsp3) is 0.667. The molecule has 1 aromatic heterocycles. The second-order valence-corrected chi connectivity index (χ2v) is 6.73. The van der Waals surface area contributed by atoms with Crippen LogP contribution >= 0.6 is 0 Å². The summed E-state index contributed by atoms with van der Waals surface area (Å²) >= 11 is 0. The smallest absolute Gasteiger partial charge is 0.225 e. The molecule has 1 aromatic rings. The summed E-state index contributed by atoms with van der Waals surface area (Å²) in [6.07, 6.45) is 8.86. The van der Waals surface area contributed by atoms with Crippen molar-refractivity contribution >= 4 is 11.8 Å². The number of nitrogens with one attached hydrogen (secondary N) is 1. The van der Waals surface area contributed by atoms with Gasteiger partial charge in [-0.25, -0.2) is 0 Å². The quantitative estimate of drug-likeness (QED) is 0.928. The Balaban J connectivity index is 1.42. The molecule has 5 heteroatoms. The number of carbonyl (C=O) groups excluding carboxylic acids is 2. The van der Waals surface area contributed by atoms with Gasteiger partial charge in [-0.1, -0.05) is 19.3 Å². The molecule has 2 heterocycles. The van der Waals surface area contributed by atoms with Crippen LogP contribution in [0.1, 0.15) is 50.7 Å². The first-order chi connectivity index (χ1) is 11.2. The lowest BCUT2D eigenvalue weighted by atomic mass is 9.87. The van der Waals surface area contributed by atoms with Gasteiger partial charge in [0.25, 0.3) is 0 Å². The minimum absolute atomic E-state index is 0.0142. The Hall–Kier alpha value is -1.78. The summed E-state index contributed by atoms with van der Waals surface area (Å²) in [5.74, 6) is 1.40. The van der Waals surface area contributed by atoms with E-state index in [1.54, 1.807) is 6.26 Å². The Bertz CT molecular complexity index is 512. The summed E-state index contributed by atoms with van der Waals surface area (Å²) in [6, 6.07) is 3.67. The third kappa shape index (κ3) is 4.15. The van der Waals surface area contributed by atoms with Crippen LogP contribution in [0.2, 0.25) is 0 Å². The third-order valence-corrected chi connectivity index (χ3v) is 5.15. The lowest BCUT2D eigenvalue weighted by Gasteiger charge is -2.34. The van der Waals surface area contributed by atoms with Gasteiger partial charge in [-0.05, 0) is 37.8 Å². The molecular weight excluding hydrogens is 292 g/mol. The van der Waals surface area contributed by atoms with Crippen LogP contribution in [0.15, 0.2) is 22.8 Å². The van der Waals surface area contributed by atoms with Crippen LogP contribution in [-0.4, -0.2) is 29.8 Å². The molecule has 0 radical (unpaired) electrons. The van der Waals surface area contributed by atoms with Gasteiger partial charge >= 0.3 is 0 Å². The maximum atomic E-state index is 12.5. The molecule has 0 spiro atoms. The average molecular weight is 318 g/mol. The molecule has 5 nitrogen and oxygen atoms in total. The van der Waals surface area contributed by atoms with E-state index in [0.717, 1.165) is 31.4 Å². The van der Waals surface area contributed by atoms with E-state index < -0.39 is 0 Å². The topological polar surface area (TPSA) is 62.6 Å². The lowest BCUT2D eigenvalue weighted by molar-refractivity contribution is -0.140. The van der Waals surface area contributed by atoms with Gasteiger partial charge < -0.3 is 14.6 Å². The minimum atomic E-state index is 0.0142. The highest BCUT2D eigenvalue weighted by atomic mass is 16.3. The number of likely N-dealkylation sites (tertiary alicyclic amines) is 1. The summed E-state index contributed by atoms with van der Waals surface area (Å²) in [4.78, 5) is 26.7. The summed E-state index contributed by atoms with van der Waals surface area (Å²) < 4.78 is 5.22. The van der Waals surface area contributed by atoms with Crippen molar-refractivity contribution in [2.45, 2.75) is 51.5 Å². The van der Waals surface area contributed by atoms with Gasteiger partial charge in [-0.2, -0.15) is 0 Å². The van der Waals surface area contributed by atoms with Crippen LogP contribution in [0.3, 0.4) is 0 Å². The summed E-state index contributed by atoms with van der Waals surface area (Å²) in [6.45, 7) is 1.87. The molecular formula is C18H26N2O3. The highest BCUT2D eigenvalue weighted by molar-refractivity contribution is 5.81. The van der Waals surface area contributed by atoms with Crippen LogP contribution in [0.4, 0.5) is 0 Å². The number of carbonyl (C=O) groups is 2. The predicted octanol–water partition coefficient (Wildman–Crippen LogP) is 2.71. The van der Waals surface area contributed by atoms with Crippen molar-refractivity contribution in [3.63, 3.8) is 0 Å². The summed E-state index contributed by atoms with van der Waals surface area (Å²) in [5.41, 5.74) is 0.